The first-order chi connectivity index (χ1) is 7.34. The Balaban J connectivity index is 3.18. The highest BCUT2D eigenvalue weighted by atomic mass is 79.9. The van der Waals surface area contributed by atoms with Gasteiger partial charge in [-0.3, -0.25) is 0 Å². The van der Waals surface area contributed by atoms with Gasteiger partial charge in [0, 0.05) is 25.2 Å². The third-order valence-electron chi connectivity index (χ3n) is 2.11. The Kier molecular flexibility index (Phi) is 3.97. The maximum atomic E-state index is 11.8. The molecule has 88 valence electrons. The van der Waals surface area contributed by atoms with Crippen LogP contribution in [-0.4, -0.2) is 23.6 Å². The Bertz CT molecular complexity index is 408. The molecule has 4 heteroatoms. The van der Waals surface area contributed by atoms with E-state index in [0.717, 1.165) is 14.8 Å². The average Bonchev–Trinajstić information content (AvgIpc) is 2.16. The molecule has 0 fully saturated rings. The van der Waals surface area contributed by atoms with Gasteiger partial charge in [0.05, 0.1) is 12.7 Å². The van der Waals surface area contributed by atoms with Crippen LogP contribution >= 0.6 is 15.9 Å². The summed E-state index contributed by atoms with van der Waals surface area (Å²) in [5.74, 6) is 0.688. The van der Waals surface area contributed by atoms with Crippen molar-refractivity contribution in [2.45, 2.75) is 26.3 Å². The molecule has 0 unspecified atom stereocenters. The predicted molar refractivity (Wildman–Crippen MR) is 69.2 cm³/mol. The minimum atomic E-state index is -0.451. The van der Waals surface area contributed by atoms with Crippen molar-refractivity contribution in [2.75, 3.05) is 7.11 Å². The van der Waals surface area contributed by atoms with Crippen molar-refractivity contribution in [2.24, 2.45) is 0 Å². The number of hydrogen-bond donors (Lipinski definition) is 0. The van der Waals surface area contributed by atoms with Gasteiger partial charge in [0.15, 0.2) is 11.8 Å². The molecule has 0 bridgehead atoms. The quantitative estimate of drug-likeness (QED) is 0.362. The lowest BCUT2D eigenvalue weighted by molar-refractivity contribution is -0.530. The molecular formula is C12H16BrNO2. The molecule has 0 aliphatic rings. The molecule has 0 aromatic heterocycles. The minimum absolute atomic E-state index is 0.451. The maximum Gasteiger partial charge on any atom is 0.186 e. The molecule has 0 N–H and O–H groups in total. The highest BCUT2D eigenvalue weighted by molar-refractivity contribution is 9.10. The lowest BCUT2D eigenvalue weighted by Crippen LogP contribution is -2.29. The number of halogens is 1. The summed E-state index contributed by atoms with van der Waals surface area (Å²) in [5.41, 5.74) is 0.314. The SMILES string of the molecule is COc1ccc(Br)cc1/C=[N+](\[O-])C(C)(C)C. The fourth-order valence-electron chi connectivity index (χ4n) is 1.13. The molecule has 0 aliphatic heterocycles. The van der Waals surface area contributed by atoms with Crippen LogP contribution < -0.4 is 4.74 Å². The van der Waals surface area contributed by atoms with Crippen LogP contribution in [0.2, 0.25) is 0 Å². The molecule has 0 atom stereocenters. The number of methoxy groups -OCH3 is 1. The Labute approximate surface area is 104 Å². The molecule has 1 aromatic carbocycles. The van der Waals surface area contributed by atoms with E-state index in [9.17, 15) is 5.21 Å². The lowest BCUT2D eigenvalue weighted by Gasteiger charge is -2.19. The van der Waals surface area contributed by atoms with Crippen molar-refractivity contribution < 1.29 is 9.48 Å². The van der Waals surface area contributed by atoms with Crippen LogP contribution in [0.25, 0.3) is 0 Å². The van der Waals surface area contributed by atoms with Crippen molar-refractivity contribution in [3.05, 3.63) is 33.4 Å². The molecule has 0 saturated carbocycles. The summed E-state index contributed by atoms with van der Waals surface area (Å²) < 4.78 is 7.04. The van der Waals surface area contributed by atoms with E-state index < -0.39 is 5.54 Å². The molecular weight excluding hydrogens is 270 g/mol. The maximum absolute atomic E-state index is 11.8. The largest absolute Gasteiger partial charge is 0.623 e. The number of hydrogen-bond acceptors (Lipinski definition) is 2. The average molecular weight is 286 g/mol. The van der Waals surface area contributed by atoms with Gasteiger partial charge in [-0.2, -0.15) is 0 Å². The van der Waals surface area contributed by atoms with Gasteiger partial charge in [0.2, 0.25) is 0 Å². The highest BCUT2D eigenvalue weighted by Gasteiger charge is 2.19. The number of ether oxygens (including phenoxy) is 1. The fourth-order valence-corrected chi connectivity index (χ4v) is 1.50. The summed E-state index contributed by atoms with van der Waals surface area (Å²) in [6.45, 7) is 5.59. The second-order valence-electron chi connectivity index (χ2n) is 4.51. The summed E-state index contributed by atoms with van der Waals surface area (Å²) in [4.78, 5) is 0. The summed E-state index contributed by atoms with van der Waals surface area (Å²) in [6.07, 6.45) is 1.55. The predicted octanol–water partition coefficient (Wildman–Crippen LogP) is 3.19. The van der Waals surface area contributed by atoms with Gasteiger partial charge in [0.25, 0.3) is 0 Å². The fraction of sp³-hybridized carbons (Fsp3) is 0.417. The van der Waals surface area contributed by atoms with Crippen molar-refractivity contribution >= 4 is 22.1 Å². The molecule has 0 spiro atoms. The first-order valence-corrected chi connectivity index (χ1v) is 5.79. The van der Waals surface area contributed by atoms with E-state index in [1.807, 2.05) is 39.0 Å². The van der Waals surface area contributed by atoms with Crippen LogP contribution in [0.1, 0.15) is 26.3 Å². The lowest BCUT2D eigenvalue weighted by atomic mass is 10.1. The van der Waals surface area contributed by atoms with E-state index in [0.29, 0.717) is 5.75 Å². The van der Waals surface area contributed by atoms with E-state index in [1.165, 1.54) is 0 Å². The number of benzene rings is 1. The van der Waals surface area contributed by atoms with E-state index >= 15 is 0 Å². The normalized spacial score (nSPS) is 12.7. The first kappa shape index (κ1) is 13.0. The van der Waals surface area contributed by atoms with Crippen LogP contribution in [0.4, 0.5) is 0 Å². The minimum Gasteiger partial charge on any atom is -0.623 e. The monoisotopic (exact) mass is 285 g/mol. The third kappa shape index (κ3) is 3.23. The van der Waals surface area contributed by atoms with E-state index in [2.05, 4.69) is 15.9 Å². The molecule has 0 aliphatic carbocycles. The molecule has 1 rings (SSSR count). The molecule has 0 amide bonds. The second kappa shape index (κ2) is 4.87. The standard InChI is InChI=1S/C12H16BrNO2/c1-12(2,3)14(15)8-9-7-10(13)5-6-11(9)16-4/h5-8H,1-4H3/b14-8-. The van der Waals surface area contributed by atoms with Crippen LogP contribution in [0.15, 0.2) is 22.7 Å². The molecule has 0 heterocycles. The number of hydroxylamine groups is 1. The van der Waals surface area contributed by atoms with E-state index in [1.54, 1.807) is 13.3 Å². The summed E-state index contributed by atoms with van der Waals surface area (Å²) >= 11 is 3.37. The van der Waals surface area contributed by atoms with Crippen LogP contribution in [0.5, 0.6) is 5.75 Å². The van der Waals surface area contributed by atoms with E-state index in [4.69, 9.17) is 4.74 Å². The molecule has 1 aromatic rings. The second-order valence-corrected chi connectivity index (χ2v) is 5.43. The van der Waals surface area contributed by atoms with Crippen LogP contribution in [0.3, 0.4) is 0 Å². The smallest absolute Gasteiger partial charge is 0.186 e. The zero-order valence-corrected chi connectivity index (χ0v) is 11.5. The Hall–Kier alpha value is -1.03. The first-order valence-electron chi connectivity index (χ1n) is 4.99. The van der Waals surface area contributed by atoms with Gasteiger partial charge in [0.1, 0.15) is 5.75 Å². The zero-order valence-electron chi connectivity index (χ0n) is 9.95. The Morgan fingerprint density at radius 1 is 1.38 bits per heavy atom. The number of nitrogens with zero attached hydrogens (tertiary/aromatic N) is 1. The van der Waals surface area contributed by atoms with Crippen molar-refractivity contribution in [1.29, 1.82) is 0 Å². The molecule has 0 saturated heterocycles. The van der Waals surface area contributed by atoms with Crippen molar-refractivity contribution in [1.82, 2.24) is 0 Å². The van der Waals surface area contributed by atoms with Crippen molar-refractivity contribution in [3.8, 4) is 5.75 Å². The zero-order chi connectivity index (χ0) is 12.3. The highest BCUT2D eigenvalue weighted by Crippen LogP contribution is 2.21. The summed E-state index contributed by atoms with van der Waals surface area (Å²) in [7, 11) is 1.59. The van der Waals surface area contributed by atoms with Gasteiger partial charge in [-0.15, -0.1) is 0 Å². The summed E-state index contributed by atoms with van der Waals surface area (Å²) in [6, 6.07) is 5.56. The topological polar surface area (TPSA) is 35.3 Å². The van der Waals surface area contributed by atoms with Gasteiger partial charge in [-0.05, 0) is 18.2 Å². The van der Waals surface area contributed by atoms with Gasteiger partial charge < -0.3 is 9.94 Å². The summed E-state index contributed by atoms with van der Waals surface area (Å²) in [5, 5.41) is 11.8. The van der Waals surface area contributed by atoms with Crippen LogP contribution in [0, 0.1) is 5.21 Å². The van der Waals surface area contributed by atoms with Gasteiger partial charge in [-0.25, -0.2) is 4.74 Å². The Morgan fingerprint density at radius 2 is 2.00 bits per heavy atom. The Morgan fingerprint density at radius 3 is 2.50 bits per heavy atom. The number of rotatable bonds is 2. The van der Waals surface area contributed by atoms with Crippen LogP contribution in [-0.2, 0) is 0 Å². The molecule has 0 radical (unpaired) electrons. The molecule has 3 nitrogen and oxygen atoms in total. The third-order valence-corrected chi connectivity index (χ3v) is 2.60. The van der Waals surface area contributed by atoms with Gasteiger partial charge in [-0.1, -0.05) is 15.9 Å². The van der Waals surface area contributed by atoms with Crippen molar-refractivity contribution in [3.63, 3.8) is 0 Å². The van der Waals surface area contributed by atoms with Gasteiger partial charge >= 0.3 is 0 Å². The molecule has 16 heavy (non-hydrogen) atoms. The van der Waals surface area contributed by atoms with E-state index in [-0.39, 0.29) is 0 Å².